The van der Waals surface area contributed by atoms with Gasteiger partial charge >= 0.3 is 0 Å². The molecule has 0 unspecified atom stereocenters. The summed E-state index contributed by atoms with van der Waals surface area (Å²) in [7, 11) is 1.71. The number of methoxy groups -OCH3 is 1. The van der Waals surface area contributed by atoms with E-state index in [1.807, 2.05) is 0 Å². The molecule has 0 aromatic heterocycles. The lowest BCUT2D eigenvalue weighted by atomic mass is 9.98. The summed E-state index contributed by atoms with van der Waals surface area (Å²) >= 11 is 0. The van der Waals surface area contributed by atoms with Crippen LogP contribution in [0, 0.1) is 5.92 Å². The van der Waals surface area contributed by atoms with Gasteiger partial charge in [-0.2, -0.15) is 0 Å². The molecule has 0 saturated carbocycles. The molecule has 2 atom stereocenters. The molecule has 1 fully saturated rings. The fraction of sp³-hybridized carbons (Fsp3) is 1.00. The van der Waals surface area contributed by atoms with Crippen molar-refractivity contribution in [1.82, 2.24) is 0 Å². The van der Waals surface area contributed by atoms with Crippen LogP contribution in [-0.4, -0.2) is 33.0 Å². The Labute approximate surface area is 61.5 Å². The molecule has 60 valence electrons. The summed E-state index contributed by atoms with van der Waals surface area (Å²) in [5, 5.41) is 0. The molecule has 0 amide bonds. The van der Waals surface area contributed by atoms with Crippen molar-refractivity contribution >= 4 is 0 Å². The molecule has 1 rings (SSSR count). The van der Waals surface area contributed by atoms with E-state index in [2.05, 4.69) is 0 Å². The van der Waals surface area contributed by atoms with E-state index >= 15 is 0 Å². The van der Waals surface area contributed by atoms with E-state index in [1.165, 1.54) is 0 Å². The van der Waals surface area contributed by atoms with Crippen LogP contribution < -0.4 is 5.73 Å². The molecule has 1 heterocycles. The molecule has 2 N–H and O–H groups in total. The molecule has 0 spiro atoms. The molecule has 0 aliphatic carbocycles. The van der Waals surface area contributed by atoms with Crippen LogP contribution in [0.4, 0.5) is 0 Å². The van der Waals surface area contributed by atoms with E-state index in [9.17, 15) is 0 Å². The summed E-state index contributed by atoms with van der Waals surface area (Å²) in [6.45, 7) is 2.25. The standard InChI is InChI=1S/C7H15NO2/c1-9-7-5-10-3-2-6(7)4-8/h6-7H,2-5,8H2,1H3/t6-,7+/m0/s1. The van der Waals surface area contributed by atoms with Crippen molar-refractivity contribution in [2.24, 2.45) is 11.7 Å². The summed E-state index contributed by atoms with van der Waals surface area (Å²) in [6, 6.07) is 0. The zero-order chi connectivity index (χ0) is 7.40. The summed E-state index contributed by atoms with van der Waals surface area (Å²) < 4.78 is 10.4. The highest BCUT2D eigenvalue weighted by atomic mass is 16.5. The third-order valence-electron chi connectivity index (χ3n) is 2.05. The first-order valence-electron chi connectivity index (χ1n) is 3.69. The first-order valence-corrected chi connectivity index (χ1v) is 3.69. The summed E-state index contributed by atoms with van der Waals surface area (Å²) in [5.41, 5.74) is 5.53. The second kappa shape index (κ2) is 3.91. The molecule has 3 nitrogen and oxygen atoms in total. The Morgan fingerprint density at radius 3 is 3.00 bits per heavy atom. The Hall–Kier alpha value is -0.120. The predicted octanol–water partition coefficient (Wildman–Crippen LogP) is -0.00340. The Bertz CT molecular complexity index is 85.6. The van der Waals surface area contributed by atoms with Crippen molar-refractivity contribution in [1.29, 1.82) is 0 Å². The molecular formula is C7H15NO2. The van der Waals surface area contributed by atoms with Crippen LogP contribution in [0.3, 0.4) is 0 Å². The van der Waals surface area contributed by atoms with Gasteiger partial charge < -0.3 is 15.2 Å². The second-order valence-electron chi connectivity index (χ2n) is 2.63. The third-order valence-corrected chi connectivity index (χ3v) is 2.05. The van der Waals surface area contributed by atoms with Gasteiger partial charge in [0.25, 0.3) is 0 Å². The van der Waals surface area contributed by atoms with Gasteiger partial charge in [-0.05, 0) is 13.0 Å². The van der Waals surface area contributed by atoms with Crippen LogP contribution >= 0.6 is 0 Å². The van der Waals surface area contributed by atoms with Gasteiger partial charge in [-0.25, -0.2) is 0 Å². The first-order chi connectivity index (χ1) is 4.88. The Kier molecular flexibility index (Phi) is 3.12. The second-order valence-corrected chi connectivity index (χ2v) is 2.63. The maximum absolute atomic E-state index is 5.53. The van der Waals surface area contributed by atoms with Crippen LogP contribution in [0.5, 0.6) is 0 Å². The molecule has 1 aliphatic rings. The molecule has 0 aromatic carbocycles. The summed E-state index contributed by atoms with van der Waals surface area (Å²) in [4.78, 5) is 0. The SMILES string of the molecule is CO[C@@H]1COCC[C@H]1CN. The summed E-state index contributed by atoms with van der Waals surface area (Å²) in [6.07, 6.45) is 1.26. The molecule has 3 heteroatoms. The van der Waals surface area contributed by atoms with Gasteiger partial charge in [-0.3, -0.25) is 0 Å². The van der Waals surface area contributed by atoms with E-state index in [0.717, 1.165) is 13.0 Å². The zero-order valence-corrected chi connectivity index (χ0v) is 6.38. The average Bonchev–Trinajstić information content (AvgIpc) is 2.04. The lowest BCUT2D eigenvalue weighted by Gasteiger charge is -2.29. The van der Waals surface area contributed by atoms with Gasteiger partial charge in [0.2, 0.25) is 0 Å². The zero-order valence-electron chi connectivity index (χ0n) is 6.38. The number of rotatable bonds is 2. The van der Waals surface area contributed by atoms with Gasteiger partial charge in [0.15, 0.2) is 0 Å². The molecule has 10 heavy (non-hydrogen) atoms. The molecule has 1 saturated heterocycles. The van der Waals surface area contributed by atoms with E-state index in [4.69, 9.17) is 15.2 Å². The van der Waals surface area contributed by atoms with Crippen LogP contribution in [0.25, 0.3) is 0 Å². The average molecular weight is 145 g/mol. The minimum Gasteiger partial charge on any atom is -0.379 e. The minimum absolute atomic E-state index is 0.221. The fourth-order valence-corrected chi connectivity index (χ4v) is 1.29. The largest absolute Gasteiger partial charge is 0.379 e. The van der Waals surface area contributed by atoms with Crippen molar-refractivity contribution in [2.45, 2.75) is 12.5 Å². The molecule has 1 aliphatic heterocycles. The highest BCUT2D eigenvalue weighted by Crippen LogP contribution is 2.15. The van der Waals surface area contributed by atoms with Crippen LogP contribution in [-0.2, 0) is 9.47 Å². The van der Waals surface area contributed by atoms with Crippen molar-refractivity contribution < 1.29 is 9.47 Å². The maximum atomic E-state index is 5.53. The molecule has 0 aromatic rings. The lowest BCUT2D eigenvalue weighted by molar-refractivity contribution is -0.0625. The third kappa shape index (κ3) is 1.68. The van der Waals surface area contributed by atoms with E-state index in [-0.39, 0.29) is 6.10 Å². The van der Waals surface area contributed by atoms with Crippen molar-refractivity contribution in [2.75, 3.05) is 26.9 Å². The Morgan fingerprint density at radius 1 is 1.70 bits per heavy atom. The van der Waals surface area contributed by atoms with E-state index in [1.54, 1.807) is 7.11 Å². The van der Waals surface area contributed by atoms with E-state index < -0.39 is 0 Å². The quantitative estimate of drug-likeness (QED) is 0.594. The topological polar surface area (TPSA) is 44.5 Å². The predicted molar refractivity (Wildman–Crippen MR) is 38.8 cm³/mol. The molecule has 0 radical (unpaired) electrons. The van der Waals surface area contributed by atoms with Gasteiger partial charge in [0, 0.05) is 19.6 Å². The van der Waals surface area contributed by atoms with Gasteiger partial charge in [-0.1, -0.05) is 0 Å². The maximum Gasteiger partial charge on any atom is 0.0845 e. The number of hydrogen-bond acceptors (Lipinski definition) is 3. The normalized spacial score (nSPS) is 34.2. The smallest absolute Gasteiger partial charge is 0.0845 e. The molecule has 0 bridgehead atoms. The minimum atomic E-state index is 0.221. The number of nitrogens with two attached hydrogens (primary N) is 1. The van der Waals surface area contributed by atoms with Gasteiger partial charge in [-0.15, -0.1) is 0 Å². The van der Waals surface area contributed by atoms with Gasteiger partial charge in [0.05, 0.1) is 12.7 Å². The van der Waals surface area contributed by atoms with Crippen molar-refractivity contribution in [3.63, 3.8) is 0 Å². The fourth-order valence-electron chi connectivity index (χ4n) is 1.29. The van der Waals surface area contributed by atoms with E-state index in [0.29, 0.717) is 19.1 Å². The highest BCUT2D eigenvalue weighted by Gasteiger charge is 2.23. The highest BCUT2D eigenvalue weighted by molar-refractivity contribution is 4.74. The summed E-state index contributed by atoms with van der Waals surface area (Å²) in [5.74, 6) is 0.499. The van der Waals surface area contributed by atoms with Crippen molar-refractivity contribution in [3.8, 4) is 0 Å². The monoisotopic (exact) mass is 145 g/mol. The van der Waals surface area contributed by atoms with Crippen LogP contribution in [0.15, 0.2) is 0 Å². The Morgan fingerprint density at radius 2 is 2.50 bits per heavy atom. The lowest BCUT2D eigenvalue weighted by Crippen LogP contribution is -2.38. The van der Waals surface area contributed by atoms with Crippen molar-refractivity contribution in [3.05, 3.63) is 0 Å². The first kappa shape index (κ1) is 7.98. The number of ether oxygens (including phenoxy) is 2. The number of hydrogen-bond donors (Lipinski definition) is 1. The van der Waals surface area contributed by atoms with Gasteiger partial charge in [0.1, 0.15) is 0 Å². The Balaban J connectivity index is 2.34. The van der Waals surface area contributed by atoms with Crippen LogP contribution in [0.2, 0.25) is 0 Å². The molecular weight excluding hydrogens is 130 g/mol. The van der Waals surface area contributed by atoms with Crippen LogP contribution in [0.1, 0.15) is 6.42 Å².